The minimum atomic E-state index is -0.539. The highest BCUT2D eigenvalue weighted by Crippen LogP contribution is 2.13. The first-order valence-electron chi connectivity index (χ1n) is 7.85. The van der Waals surface area contributed by atoms with E-state index in [9.17, 15) is 9.90 Å². The fraction of sp³-hybridized carbons (Fsp3) is 0.588. The topological polar surface area (TPSA) is 71.0 Å². The monoisotopic (exact) mass is 360 g/mol. The van der Waals surface area contributed by atoms with Crippen molar-refractivity contribution in [3.63, 3.8) is 0 Å². The number of halogens is 1. The average molecular weight is 361 g/mol. The molecule has 2 N–H and O–H groups in total. The van der Waals surface area contributed by atoms with Crippen LogP contribution in [0.5, 0.6) is 5.75 Å². The normalized spacial score (nSPS) is 11.6. The van der Waals surface area contributed by atoms with Crippen LogP contribution in [0.25, 0.3) is 0 Å². The number of hydrogen-bond acceptors (Lipinski definition) is 5. The molecule has 0 saturated carbocycles. The van der Waals surface area contributed by atoms with Crippen LogP contribution >= 0.6 is 12.4 Å². The average Bonchev–Trinajstić information content (AvgIpc) is 2.51. The molecule has 1 aromatic rings. The van der Waals surface area contributed by atoms with Crippen molar-refractivity contribution >= 4 is 18.5 Å². The Kier molecular flexibility index (Phi) is 11.2. The number of nitrogens with zero attached hydrogens (tertiary/aromatic N) is 1. The van der Waals surface area contributed by atoms with E-state index in [4.69, 9.17) is 9.47 Å². The number of benzene rings is 1. The summed E-state index contributed by atoms with van der Waals surface area (Å²) in [5.41, 5.74) is 1.06. The predicted molar refractivity (Wildman–Crippen MR) is 97.1 cm³/mol. The van der Waals surface area contributed by atoms with E-state index in [1.165, 1.54) is 4.90 Å². The van der Waals surface area contributed by atoms with E-state index in [-0.39, 0.29) is 25.1 Å². The SMILES string of the molecule is CC(C)NCC(O)COc1ccc(CCOC(=O)N(C)C)cc1.Cl. The largest absolute Gasteiger partial charge is 0.491 e. The molecule has 138 valence electrons. The summed E-state index contributed by atoms with van der Waals surface area (Å²) in [7, 11) is 3.30. The van der Waals surface area contributed by atoms with Gasteiger partial charge in [-0.2, -0.15) is 0 Å². The van der Waals surface area contributed by atoms with Gasteiger partial charge in [0, 0.05) is 33.1 Å². The highest BCUT2D eigenvalue weighted by molar-refractivity contribution is 5.85. The number of aliphatic hydroxyl groups is 1. The van der Waals surface area contributed by atoms with Gasteiger partial charge in [0.2, 0.25) is 0 Å². The van der Waals surface area contributed by atoms with E-state index in [2.05, 4.69) is 5.32 Å². The van der Waals surface area contributed by atoms with Crippen LogP contribution in [0.3, 0.4) is 0 Å². The summed E-state index contributed by atoms with van der Waals surface area (Å²) in [6.45, 7) is 5.16. The second kappa shape index (κ2) is 11.9. The summed E-state index contributed by atoms with van der Waals surface area (Å²) in [6.07, 6.45) is -0.225. The van der Waals surface area contributed by atoms with Gasteiger partial charge in [0.05, 0.1) is 6.61 Å². The summed E-state index contributed by atoms with van der Waals surface area (Å²) in [4.78, 5) is 12.7. The molecule has 6 nitrogen and oxygen atoms in total. The Balaban J connectivity index is 0.00000529. The zero-order valence-electron chi connectivity index (χ0n) is 14.8. The van der Waals surface area contributed by atoms with Gasteiger partial charge in [-0.15, -0.1) is 12.4 Å². The number of nitrogens with one attached hydrogen (secondary N) is 1. The van der Waals surface area contributed by atoms with E-state index in [0.29, 0.717) is 31.4 Å². The second-order valence-corrected chi connectivity index (χ2v) is 5.93. The van der Waals surface area contributed by atoms with Crippen LogP contribution in [0.4, 0.5) is 4.79 Å². The molecule has 0 aliphatic heterocycles. The molecule has 1 rings (SSSR count). The fourth-order valence-electron chi connectivity index (χ4n) is 1.76. The van der Waals surface area contributed by atoms with E-state index in [0.717, 1.165) is 5.56 Å². The lowest BCUT2D eigenvalue weighted by Gasteiger charge is -2.15. The molecular weight excluding hydrogens is 332 g/mol. The molecule has 1 atom stereocenters. The van der Waals surface area contributed by atoms with E-state index < -0.39 is 6.10 Å². The Hall–Kier alpha value is -1.50. The molecule has 0 spiro atoms. The summed E-state index contributed by atoms with van der Waals surface area (Å²) >= 11 is 0. The van der Waals surface area contributed by atoms with E-state index >= 15 is 0 Å². The molecule has 0 heterocycles. The van der Waals surface area contributed by atoms with Gasteiger partial charge in [-0.05, 0) is 17.7 Å². The van der Waals surface area contributed by atoms with Crippen molar-refractivity contribution in [2.24, 2.45) is 0 Å². The minimum absolute atomic E-state index is 0. The van der Waals surface area contributed by atoms with Gasteiger partial charge < -0.3 is 24.8 Å². The van der Waals surface area contributed by atoms with Crippen molar-refractivity contribution in [1.82, 2.24) is 10.2 Å². The lowest BCUT2D eigenvalue weighted by Crippen LogP contribution is -2.35. The molecule has 0 radical (unpaired) electrons. The van der Waals surface area contributed by atoms with Gasteiger partial charge in [-0.1, -0.05) is 26.0 Å². The van der Waals surface area contributed by atoms with Crippen molar-refractivity contribution in [3.05, 3.63) is 29.8 Å². The number of carbonyl (C=O) groups excluding carboxylic acids is 1. The molecule has 7 heteroatoms. The van der Waals surface area contributed by atoms with Gasteiger partial charge in [-0.3, -0.25) is 0 Å². The van der Waals surface area contributed by atoms with Crippen LogP contribution < -0.4 is 10.1 Å². The quantitative estimate of drug-likeness (QED) is 0.705. The van der Waals surface area contributed by atoms with Crippen LogP contribution in [0.1, 0.15) is 19.4 Å². The van der Waals surface area contributed by atoms with Gasteiger partial charge in [0.15, 0.2) is 0 Å². The fourth-order valence-corrected chi connectivity index (χ4v) is 1.76. The first-order chi connectivity index (χ1) is 10.9. The van der Waals surface area contributed by atoms with Gasteiger partial charge in [0.1, 0.15) is 18.5 Å². The molecule has 0 bridgehead atoms. The summed E-state index contributed by atoms with van der Waals surface area (Å²) < 4.78 is 10.6. The zero-order chi connectivity index (χ0) is 17.2. The standard InChI is InChI=1S/C17H28N2O4.ClH/c1-13(2)18-11-15(20)12-23-16-7-5-14(6-8-16)9-10-22-17(21)19(3)4;/h5-8,13,15,18,20H,9-12H2,1-4H3;1H. The number of rotatable bonds is 9. The molecule has 24 heavy (non-hydrogen) atoms. The van der Waals surface area contributed by atoms with Crippen LogP contribution in [0, 0.1) is 0 Å². The van der Waals surface area contributed by atoms with Crippen LogP contribution in [-0.4, -0.2) is 62.1 Å². The highest BCUT2D eigenvalue weighted by atomic mass is 35.5. The third-order valence-corrected chi connectivity index (χ3v) is 3.11. The van der Waals surface area contributed by atoms with E-state index in [1.807, 2.05) is 38.1 Å². The Labute approximate surface area is 150 Å². The van der Waals surface area contributed by atoms with Gasteiger partial charge >= 0.3 is 6.09 Å². The number of amides is 1. The third kappa shape index (κ3) is 9.60. The smallest absolute Gasteiger partial charge is 0.409 e. The summed E-state index contributed by atoms with van der Waals surface area (Å²) in [5, 5.41) is 12.9. The van der Waals surface area contributed by atoms with Crippen LogP contribution in [-0.2, 0) is 11.2 Å². The Bertz CT molecular complexity index is 466. The van der Waals surface area contributed by atoms with Crippen LogP contribution in [0.15, 0.2) is 24.3 Å². The lowest BCUT2D eigenvalue weighted by molar-refractivity contribution is 0.104. The third-order valence-electron chi connectivity index (χ3n) is 3.11. The molecule has 0 aliphatic carbocycles. The molecular formula is C17H29ClN2O4. The van der Waals surface area contributed by atoms with Crippen molar-refractivity contribution in [3.8, 4) is 5.75 Å². The molecule has 0 aliphatic rings. The Morgan fingerprint density at radius 2 is 1.88 bits per heavy atom. The summed E-state index contributed by atoms with van der Waals surface area (Å²) in [5.74, 6) is 0.711. The number of ether oxygens (including phenoxy) is 2. The van der Waals surface area contributed by atoms with E-state index in [1.54, 1.807) is 14.1 Å². The van der Waals surface area contributed by atoms with Crippen LogP contribution in [0.2, 0.25) is 0 Å². The van der Waals surface area contributed by atoms with Crippen molar-refractivity contribution in [2.45, 2.75) is 32.4 Å². The van der Waals surface area contributed by atoms with Crippen molar-refractivity contribution < 1.29 is 19.4 Å². The molecule has 0 saturated heterocycles. The molecule has 1 aromatic carbocycles. The zero-order valence-corrected chi connectivity index (χ0v) is 15.6. The van der Waals surface area contributed by atoms with Crippen molar-refractivity contribution in [1.29, 1.82) is 0 Å². The molecule has 1 amide bonds. The van der Waals surface area contributed by atoms with Gasteiger partial charge in [-0.25, -0.2) is 4.79 Å². The maximum atomic E-state index is 11.3. The maximum Gasteiger partial charge on any atom is 0.409 e. The Morgan fingerprint density at radius 1 is 1.25 bits per heavy atom. The first kappa shape index (κ1) is 22.5. The summed E-state index contributed by atoms with van der Waals surface area (Å²) in [6, 6.07) is 7.90. The highest BCUT2D eigenvalue weighted by Gasteiger charge is 2.07. The Morgan fingerprint density at radius 3 is 2.42 bits per heavy atom. The molecule has 1 unspecified atom stereocenters. The number of hydrogen-bond donors (Lipinski definition) is 2. The molecule has 0 aromatic heterocycles. The predicted octanol–water partition coefficient (Wildman–Crippen LogP) is 2.09. The number of carbonyl (C=O) groups is 1. The lowest BCUT2D eigenvalue weighted by atomic mass is 10.1. The van der Waals surface area contributed by atoms with Crippen molar-refractivity contribution in [2.75, 3.05) is 33.9 Å². The first-order valence-corrected chi connectivity index (χ1v) is 7.85. The second-order valence-electron chi connectivity index (χ2n) is 5.93. The van der Waals surface area contributed by atoms with Gasteiger partial charge in [0.25, 0.3) is 0 Å². The maximum absolute atomic E-state index is 11.3. The number of aliphatic hydroxyl groups excluding tert-OH is 1. The minimum Gasteiger partial charge on any atom is -0.491 e. The molecule has 0 fully saturated rings.